The van der Waals surface area contributed by atoms with Crippen molar-refractivity contribution >= 4 is 23.2 Å². The van der Waals surface area contributed by atoms with E-state index in [4.69, 9.17) is 4.74 Å². The molecule has 0 heterocycles. The summed E-state index contributed by atoms with van der Waals surface area (Å²) in [6.45, 7) is 0.141. The normalized spacial score (nSPS) is 10.3. The molecule has 160 valence electrons. The van der Waals surface area contributed by atoms with Gasteiger partial charge in [-0.25, -0.2) is 0 Å². The van der Waals surface area contributed by atoms with E-state index in [9.17, 15) is 9.59 Å². The van der Waals surface area contributed by atoms with Gasteiger partial charge in [-0.3, -0.25) is 9.59 Å². The average Bonchev–Trinajstić information content (AvgIpc) is 2.78. The van der Waals surface area contributed by atoms with Crippen LogP contribution < -0.4 is 15.4 Å². The quantitative estimate of drug-likeness (QED) is 0.536. The van der Waals surface area contributed by atoms with Gasteiger partial charge < -0.3 is 20.3 Å². The Bertz CT molecular complexity index is 1000. The largest absolute Gasteiger partial charge is 0.457 e. The lowest BCUT2D eigenvalue weighted by molar-refractivity contribution is -0.128. The minimum absolute atomic E-state index is 0.0953. The third kappa shape index (κ3) is 7.19. The molecule has 3 rings (SSSR count). The Labute approximate surface area is 182 Å². The van der Waals surface area contributed by atoms with E-state index >= 15 is 0 Å². The molecule has 0 radical (unpaired) electrons. The van der Waals surface area contributed by atoms with Crippen LogP contribution in [0.25, 0.3) is 0 Å². The second kappa shape index (κ2) is 10.8. The number of nitrogens with zero attached hydrogens (tertiary/aromatic N) is 1. The number of nitrogens with one attached hydrogen (secondary N) is 2. The molecular weight excluding hydrogens is 390 g/mol. The molecule has 0 aromatic heterocycles. The number of rotatable bonds is 9. The van der Waals surface area contributed by atoms with Crippen LogP contribution >= 0.6 is 0 Å². The maximum absolute atomic E-state index is 12.3. The minimum Gasteiger partial charge on any atom is -0.457 e. The predicted molar refractivity (Wildman–Crippen MR) is 124 cm³/mol. The van der Waals surface area contributed by atoms with E-state index in [0.29, 0.717) is 24.3 Å². The number of aryl methyl sites for hydroxylation is 1. The molecule has 0 aliphatic rings. The monoisotopic (exact) mass is 417 g/mol. The van der Waals surface area contributed by atoms with Gasteiger partial charge in [-0.15, -0.1) is 0 Å². The first-order chi connectivity index (χ1) is 15.0. The number of ether oxygens (including phenoxy) is 1. The van der Waals surface area contributed by atoms with Crippen LogP contribution in [-0.4, -0.2) is 37.4 Å². The van der Waals surface area contributed by atoms with E-state index in [1.54, 1.807) is 31.1 Å². The Morgan fingerprint density at radius 2 is 1.55 bits per heavy atom. The Morgan fingerprint density at radius 1 is 0.839 bits per heavy atom. The summed E-state index contributed by atoms with van der Waals surface area (Å²) < 4.78 is 5.75. The van der Waals surface area contributed by atoms with Crippen LogP contribution in [0.15, 0.2) is 78.9 Å². The Kier molecular flexibility index (Phi) is 7.65. The summed E-state index contributed by atoms with van der Waals surface area (Å²) in [6.07, 6.45) is 1.12. The van der Waals surface area contributed by atoms with Crippen LogP contribution in [0.5, 0.6) is 11.5 Å². The van der Waals surface area contributed by atoms with Gasteiger partial charge in [-0.2, -0.15) is 0 Å². The first kappa shape index (κ1) is 21.9. The molecule has 0 saturated carbocycles. The molecule has 31 heavy (non-hydrogen) atoms. The number of carbonyl (C=O) groups excluding carboxylic acids is 2. The molecule has 0 atom stereocenters. The van der Waals surface area contributed by atoms with Crippen LogP contribution in [0.3, 0.4) is 0 Å². The fraction of sp³-hybridized carbons (Fsp3) is 0.200. The summed E-state index contributed by atoms with van der Waals surface area (Å²) >= 11 is 0. The summed E-state index contributed by atoms with van der Waals surface area (Å²) in [5.74, 6) is 1.41. The molecule has 2 N–H and O–H groups in total. The molecule has 0 saturated heterocycles. The standard InChI is InChI=1S/C25H27N3O3/c1-28(2)25(30)16-11-19-7-6-8-21(17-19)26-18-24(29)27-20-12-14-23(15-13-20)31-22-9-4-3-5-10-22/h3-10,12-15,17,26H,11,16,18H2,1-2H3,(H,27,29). The molecule has 0 aliphatic carbocycles. The maximum Gasteiger partial charge on any atom is 0.243 e. The highest BCUT2D eigenvalue weighted by molar-refractivity contribution is 5.93. The van der Waals surface area contributed by atoms with Crippen molar-refractivity contribution in [2.24, 2.45) is 0 Å². The molecule has 0 bridgehead atoms. The van der Waals surface area contributed by atoms with Gasteiger partial charge >= 0.3 is 0 Å². The van der Waals surface area contributed by atoms with Gasteiger partial charge in [0, 0.05) is 31.9 Å². The van der Waals surface area contributed by atoms with E-state index < -0.39 is 0 Å². The van der Waals surface area contributed by atoms with Crippen molar-refractivity contribution in [1.29, 1.82) is 0 Å². The third-order valence-corrected chi connectivity index (χ3v) is 4.62. The number of para-hydroxylation sites is 1. The van der Waals surface area contributed by atoms with Crippen LogP contribution in [0.1, 0.15) is 12.0 Å². The first-order valence-electron chi connectivity index (χ1n) is 10.2. The molecule has 0 aliphatic heterocycles. The third-order valence-electron chi connectivity index (χ3n) is 4.62. The van der Waals surface area contributed by atoms with Gasteiger partial charge in [-0.05, 0) is 60.5 Å². The smallest absolute Gasteiger partial charge is 0.243 e. The van der Waals surface area contributed by atoms with Crippen LogP contribution in [0.2, 0.25) is 0 Å². The summed E-state index contributed by atoms with van der Waals surface area (Å²) in [5, 5.41) is 5.99. The van der Waals surface area contributed by atoms with Gasteiger partial charge in [0.25, 0.3) is 0 Å². The number of hydrogen-bond acceptors (Lipinski definition) is 4. The molecule has 0 spiro atoms. The molecule has 6 heteroatoms. The van der Waals surface area contributed by atoms with Crippen molar-refractivity contribution in [2.75, 3.05) is 31.3 Å². The van der Waals surface area contributed by atoms with Crippen molar-refractivity contribution in [1.82, 2.24) is 4.90 Å². The van der Waals surface area contributed by atoms with Crippen molar-refractivity contribution in [3.05, 3.63) is 84.4 Å². The van der Waals surface area contributed by atoms with Crippen LogP contribution in [0.4, 0.5) is 11.4 Å². The number of amides is 2. The summed E-state index contributed by atoms with van der Waals surface area (Å²) in [6, 6.07) is 24.5. The van der Waals surface area contributed by atoms with Crippen molar-refractivity contribution in [2.45, 2.75) is 12.8 Å². The predicted octanol–water partition coefficient (Wildman–Crippen LogP) is 4.55. The number of anilines is 2. The number of benzene rings is 3. The van der Waals surface area contributed by atoms with Crippen LogP contribution in [-0.2, 0) is 16.0 Å². The molecule has 0 fully saturated rings. The number of hydrogen-bond donors (Lipinski definition) is 2. The molecule has 0 unspecified atom stereocenters. The zero-order valence-corrected chi connectivity index (χ0v) is 17.8. The van der Waals surface area contributed by atoms with Crippen molar-refractivity contribution in [3.8, 4) is 11.5 Å². The van der Waals surface area contributed by atoms with Gasteiger partial charge in [0.1, 0.15) is 11.5 Å². The topological polar surface area (TPSA) is 70.7 Å². The Morgan fingerprint density at radius 3 is 2.26 bits per heavy atom. The summed E-state index contributed by atoms with van der Waals surface area (Å²) in [5.41, 5.74) is 2.59. The van der Waals surface area contributed by atoms with Gasteiger partial charge in [-0.1, -0.05) is 30.3 Å². The summed E-state index contributed by atoms with van der Waals surface area (Å²) in [7, 11) is 3.51. The highest BCUT2D eigenvalue weighted by Crippen LogP contribution is 2.22. The highest BCUT2D eigenvalue weighted by Gasteiger charge is 2.06. The fourth-order valence-corrected chi connectivity index (χ4v) is 2.93. The second-order valence-corrected chi connectivity index (χ2v) is 7.33. The van der Waals surface area contributed by atoms with Gasteiger partial charge in [0.2, 0.25) is 11.8 Å². The maximum atomic E-state index is 12.3. The average molecular weight is 418 g/mol. The Balaban J connectivity index is 1.46. The van der Waals surface area contributed by atoms with Crippen molar-refractivity contribution in [3.63, 3.8) is 0 Å². The lowest BCUT2D eigenvalue weighted by Crippen LogP contribution is -2.22. The molecule has 3 aromatic rings. The second-order valence-electron chi connectivity index (χ2n) is 7.33. The zero-order valence-electron chi connectivity index (χ0n) is 17.8. The lowest BCUT2D eigenvalue weighted by atomic mass is 10.1. The van der Waals surface area contributed by atoms with E-state index in [0.717, 1.165) is 17.0 Å². The lowest BCUT2D eigenvalue weighted by Gasteiger charge is -2.11. The van der Waals surface area contributed by atoms with Crippen molar-refractivity contribution < 1.29 is 14.3 Å². The van der Waals surface area contributed by atoms with E-state index in [1.807, 2.05) is 66.7 Å². The number of carbonyl (C=O) groups is 2. The molecule has 3 aromatic carbocycles. The first-order valence-corrected chi connectivity index (χ1v) is 10.2. The van der Waals surface area contributed by atoms with E-state index in [2.05, 4.69) is 10.6 Å². The zero-order chi connectivity index (χ0) is 22.1. The van der Waals surface area contributed by atoms with E-state index in [1.165, 1.54) is 0 Å². The van der Waals surface area contributed by atoms with Gasteiger partial charge in [0.15, 0.2) is 0 Å². The molecular formula is C25H27N3O3. The molecule has 2 amide bonds. The van der Waals surface area contributed by atoms with Crippen LogP contribution in [0, 0.1) is 0 Å². The fourth-order valence-electron chi connectivity index (χ4n) is 2.93. The highest BCUT2D eigenvalue weighted by atomic mass is 16.5. The molecule has 6 nitrogen and oxygen atoms in total. The van der Waals surface area contributed by atoms with E-state index in [-0.39, 0.29) is 18.4 Å². The Hall–Kier alpha value is -3.80. The minimum atomic E-state index is -0.148. The summed E-state index contributed by atoms with van der Waals surface area (Å²) in [4.78, 5) is 25.6. The van der Waals surface area contributed by atoms with Gasteiger partial charge in [0.05, 0.1) is 6.54 Å². The SMILES string of the molecule is CN(C)C(=O)CCc1cccc(NCC(=O)Nc2ccc(Oc3ccccc3)cc2)c1.